The Hall–Kier alpha value is -3.57. The van der Waals surface area contributed by atoms with E-state index in [4.69, 9.17) is 4.74 Å². The summed E-state index contributed by atoms with van der Waals surface area (Å²) in [4.78, 5) is 40.3. The molecule has 1 N–H and O–H groups in total. The smallest absolute Gasteiger partial charge is 0.355 e. The molecule has 5 rings (SSSR count). The second-order valence-corrected chi connectivity index (χ2v) is 10.4. The van der Waals surface area contributed by atoms with Gasteiger partial charge in [0.15, 0.2) is 5.69 Å². The molecule has 4 heterocycles. The van der Waals surface area contributed by atoms with Crippen molar-refractivity contribution < 1.29 is 28.8 Å². The van der Waals surface area contributed by atoms with E-state index in [2.05, 4.69) is 11.5 Å². The van der Waals surface area contributed by atoms with Crippen molar-refractivity contribution >= 4 is 39.3 Å². The van der Waals surface area contributed by atoms with Crippen LogP contribution < -0.4 is 4.40 Å². The van der Waals surface area contributed by atoms with Gasteiger partial charge in [-0.2, -0.15) is 4.40 Å². The van der Waals surface area contributed by atoms with E-state index in [-0.39, 0.29) is 35.9 Å². The fourth-order valence-corrected chi connectivity index (χ4v) is 6.79. The van der Waals surface area contributed by atoms with Gasteiger partial charge in [0, 0.05) is 30.0 Å². The van der Waals surface area contributed by atoms with Crippen LogP contribution in [0.4, 0.5) is 5.69 Å². The molecule has 1 fully saturated rings. The van der Waals surface area contributed by atoms with Gasteiger partial charge in [-0.15, -0.1) is 0 Å². The molecule has 188 valence electrons. The number of β-lactam (4-membered cyclic amide) rings is 1. The summed E-state index contributed by atoms with van der Waals surface area (Å²) < 4.78 is 9.70. The third-order valence-corrected chi connectivity index (χ3v) is 8.34. The quantitative estimate of drug-likeness (QED) is 0.171. The zero-order valence-electron chi connectivity index (χ0n) is 20.4. The molecule has 1 amide bonds. The maximum absolute atomic E-state index is 13.4. The number of aliphatic hydroxyl groups excluding tert-OH is 1. The number of nitro benzene ring substituents is 1. The number of hydrogen-bond donors (Lipinski definition) is 1. The van der Waals surface area contributed by atoms with Gasteiger partial charge in [0.05, 0.1) is 34.9 Å². The number of non-ortho nitro benzene ring substituents is 1. The van der Waals surface area contributed by atoms with Crippen LogP contribution in [0, 0.1) is 22.0 Å². The Balaban J connectivity index is 1.51. The van der Waals surface area contributed by atoms with E-state index in [1.165, 1.54) is 34.9 Å². The van der Waals surface area contributed by atoms with Crippen LogP contribution in [0.2, 0.25) is 0 Å². The van der Waals surface area contributed by atoms with E-state index in [0.717, 1.165) is 21.7 Å². The molecule has 36 heavy (non-hydrogen) atoms. The molecular weight excluding hydrogens is 484 g/mol. The first-order valence-electron chi connectivity index (χ1n) is 11.8. The summed E-state index contributed by atoms with van der Waals surface area (Å²) in [6, 6.07) is 5.46. The maximum atomic E-state index is 13.4. The van der Waals surface area contributed by atoms with E-state index in [0.29, 0.717) is 5.56 Å². The first-order valence-corrected chi connectivity index (χ1v) is 12.6. The van der Waals surface area contributed by atoms with E-state index in [1.54, 1.807) is 18.3 Å². The number of hydrogen-bond acceptors (Lipinski definition) is 7. The standard InChI is InChI=1S/C25H27N4O6S/c1-5-17-24-27(12-26(17)4)10-18(36-24)19-13(2)21-20(14(3)30)23(31)28(21)22(19)25(32)35-11-15-6-8-16(9-7-15)29(33)34/h6-10,12-14,20-21,30H,5,11H2,1-4H3/q+1/t13-,14+,20+,21+/m0/s1. The van der Waals surface area contributed by atoms with Gasteiger partial charge in [-0.3, -0.25) is 14.9 Å². The van der Waals surface area contributed by atoms with Crippen molar-refractivity contribution in [3.8, 4) is 0 Å². The third-order valence-electron chi connectivity index (χ3n) is 7.15. The monoisotopic (exact) mass is 511 g/mol. The Kier molecular flexibility index (Phi) is 5.92. The topological polar surface area (TPSA) is 119 Å². The summed E-state index contributed by atoms with van der Waals surface area (Å²) in [5.74, 6) is -1.67. The molecule has 0 aliphatic carbocycles. The summed E-state index contributed by atoms with van der Waals surface area (Å²) in [6.07, 6.45) is 3.98. The van der Waals surface area contributed by atoms with Gasteiger partial charge in [-0.1, -0.05) is 25.2 Å². The van der Waals surface area contributed by atoms with Gasteiger partial charge in [0.1, 0.15) is 18.5 Å². The van der Waals surface area contributed by atoms with E-state index < -0.39 is 22.9 Å². The Morgan fingerprint density at radius 1 is 1.33 bits per heavy atom. The minimum Gasteiger partial charge on any atom is -0.456 e. The highest BCUT2D eigenvalue weighted by molar-refractivity contribution is 7.18. The lowest BCUT2D eigenvalue weighted by atomic mass is 9.77. The van der Waals surface area contributed by atoms with Crippen LogP contribution in [-0.4, -0.2) is 43.5 Å². The number of aromatic nitrogens is 2. The van der Waals surface area contributed by atoms with Crippen molar-refractivity contribution in [1.29, 1.82) is 0 Å². The van der Waals surface area contributed by atoms with Crippen LogP contribution in [0.5, 0.6) is 0 Å². The van der Waals surface area contributed by atoms with Crippen molar-refractivity contribution in [3.05, 3.63) is 68.7 Å². The highest BCUT2D eigenvalue weighted by Crippen LogP contribution is 2.51. The maximum Gasteiger partial charge on any atom is 0.355 e. The molecule has 1 saturated heterocycles. The first kappa shape index (κ1) is 24.1. The molecule has 2 aliphatic rings. The van der Waals surface area contributed by atoms with Crippen molar-refractivity contribution in [2.75, 3.05) is 0 Å². The number of carbonyl (C=O) groups excluding carboxylic acids is 2. The number of fused-ring (bicyclic) bond motifs is 2. The molecule has 0 saturated carbocycles. The van der Waals surface area contributed by atoms with Crippen molar-refractivity contribution in [1.82, 2.24) is 9.47 Å². The summed E-state index contributed by atoms with van der Waals surface area (Å²) in [7, 11) is 1.99. The number of aryl methyl sites for hydroxylation is 2. The predicted octanol–water partition coefficient (Wildman–Crippen LogP) is 2.61. The molecule has 0 radical (unpaired) electrons. The zero-order chi connectivity index (χ0) is 25.9. The molecule has 0 unspecified atom stereocenters. The average Bonchev–Trinajstić information content (AvgIpc) is 3.43. The Labute approximate surface area is 211 Å². The van der Waals surface area contributed by atoms with Gasteiger partial charge in [-0.25, -0.2) is 9.36 Å². The lowest BCUT2D eigenvalue weighted by Gasteiger charge is -2.46. The van der Waals surface area contributed by atoms with E-state index in [9.17, 15) is 24.8 Å². The van der Waals surface area contributed by atoms with Crippen LogP contribution >= 0.6 is 11.3 Å². The van der Waals surface area contributed by atoms with Gasteiger partial charge in [0.25, 0.3) is 5.69 Å². The molecular formula is C25H27N4O6S+. The van der Waals surface area contributed by atoms with Crippen molar-refractivity contribution in [2.45, 2.75) is 45.9 Å². The number of imidazole rings is 1. The van der Waals surface area contributed by atoms with Crippen molar-refractivity contribution in [3.63, 3.8) is 0 Å². The molecule has 3 aromatic rings. The minimum atomic E-state index is -0.831. The molecule has 0 bridgehead atoms. The Morgan fingerprint density at radius 3 is 2.64 bits per heavy atom. The Bertz CT molecular complexity index is 1420. The first-order chi connectivity index (χ1) is 17.1. The summed E-state index contributed by atoms with van der Waals surface area (Å²) >= 11 is 1.57. The molecule has 10 nitrogen and oxygen atoms in total. The lowest BCUT2D eigenvalue weighted by Crippen LogP contribution is -2.63. The molecule has 2 aliphatic heterocycles. The van der Waals surface area contributed by atoms with Gasteiger partial charge >= 0.3 is 5.97 Å². The summed E-state index contributed by atoms with van der Waals surface area (Å²) in [5, 5.41) is 21.1. The number of carbonyl (C=O) groups is 2. The fourth-order valence-electron chi connectivity index (χ4n) is 5.41. The third kappa shape index (κ3) is 3.61. The van der Waals surface area contributed by atoms with Crippen LogP contribution in [-0.2, 0) is 34.4 Å². The van der Waals surface area contributed by atoms with Crippen LogP contribution in [0.25, 0.3) is 10.4 Å². The number of amides is 1. The number of aliphatic hydroxyl groups is 1. The minimum absolute atomic E-state index is 0.0492. The van der Waals surface area contributed by atoms with E-state index in [1.807, 2.05) is 30.9 Å². The number of ether oxygens (including phenoxy) is 1. The van der Waals surface area contributed by atoms with Gasteiger partial charge < -0.3 is 14.7 Å². The summed E-state index contributed by atoms with van der Waals surface area (Å²) in [5.41, 5.74) is 2.67. The van der Waals surface area contributed by atoms with Gasteiger partial charge in [-0.05, 0) is 24.6 Å². The molecule has 4 atom stereocenters. The number of nitrogens with zero attached hydrogens (tertiary/aromatic N) is 4. The molecule has 2 aromatic heterocycles. The number of esters is 1. The highest BCUT2D eigenvalue weighted by atomic mass is 32.1. The molecule has 0 spiro atoms. The number of thiazole rings is 1. The highest BCUT2D eigenvalue weighted by Gasteiger charge is 2.60. The average molecular weight is 512 g/mol. The Morgan fingerprint density at radius 2 is 2.03 bits per heavy atom. The number of nitro groups is 1. The molecule has 11 heteroatoms. The predicted molar refractivity (Wildman–Crippen MR) is 131 cm³/mol. The SMILES string of the molecule is CCc1c2sc(C3=C(C(=O)OCc4ccc([N+](=O)[O-])cc4)N4C(=O)[C@H]([C@@H](C)O)[C@H]4[C@H]3C)c[n+]2cn1C. The number of benzene rings is 1. The van der Waals surface area contributed by atoms with E-state index >= 15 is 0 Å². The lowest BCUT2D eigenvalue weighted by molar-refractivity contribution is -0.508. The van der Waals surface area contributed by atoms with Crippen LogP contribution in [0.3, 0.4) is 0 Å². The van der Waals surface area contributed by atoms with Crippen molar-refractivity contribution in [2.24, 2.45) is 18.9 Å². The largest absolute Gasteiger partial charge is 0.456 e. The zero-order valence-corrected chi connectivity index (χ0v) is 21.2. The fraction of sp³-hybridized carbons (Fsp3) is 0.400. The van der Waals surface area contributed by atoms with Crippen LogP contribution in [0.15, 0.2) is 42.5 Å². The van der Waals surface area contributed by atoms with Crippen LogP contribution in [0.1, 0.15) is 36.9 Å². The second-order valence-electron chi connectivity index (χ2n) is 9.35. The molecule has 1 aromatic carbocycles. The number of rotatable bonds is 7. The second kappa shape index (κ2) is 8.82. The normalized spacial score (nSPS) is 22.1. The summed E-state index contributed by atoms with van der Waals surface area (Å²) in [6.45, 7) is 5.57. The van der Waals surface area contributed by atoms with Gasteiger partial charge in [0.2, 0.25) is 17.1 Å².